The summed E-state index contributed by atoms with van der Waals surface area (Å²) in [6, 6.07) is 4.79. The van der Waals surface area contributed by atoms with Gasteiger partial charge in [0.2, 0.25) is 0 Å². The maximum absolute atomic E-state index is 12.6. The average molecular weight is 312 g/mol. The van der Waals surface area contributed by atoms with Gasteiger partial charge in [-0.1, -0.05) is 13.8 Å². The highest BCUT2D eigenvalue weighted by Crippen LogP contribution is 2.31. The van der Waals surface area contributed by atoms with E-state index in [9.17, 15) is 18.3 Å². The van der Waals surface area contributed by atoms with Crippen LogP contribution in [0.1, 0.15) is 50.4 Å². The van der Waals surface area contributed by atoms with Gasteiger partial charge in [0.1, 0.15) is 0 Å². The molecule has 2 rings (SSSR count). The Bertz CT molecular complexity index is 650. The molecule has 0 unspecified atom stereocenters. The number of halogens is 3. The average Bonchev–Trinajstić information content (AvgIpc) is 2.83. The Hall–Kier alpha value is -1.82. The third kappa shape index (κ3) is 3.32. The minimum Gasteiger partial charge on any atom is -0.386 e. The highest BCUT2D eigenvalue weighted by Gasteiger charge is 2.30. The molecule has 0 aliphatic rings. The van der Waals surface area contributed by atoms with E-state index in [4.69, 9.17) is 0 Å². The first-order chi connectivity index (χ1) is 10.00. The van der Waals surface area contributed by atoms with Crippen LogP contribution in [0, 0.1) is 0 Å². The molecule has 0 fully saturated rings. The molecule has 1 N–H and O–H groups in total. The molecule has 0 amide bonds. The van der Waals surface area contributed by atoms with E-state index in [1.54, 1.807) is 20.0 Å². The lowest BCUT2D eigenvalue weighted by Crippen LogP contribution is -2.17. The highest BCUT2D eigenvalue weighted by atomic mass is 19.4. The number of hydrogen-bond donors (Lipinski definition) is 1. The van der Waals surface area contributed by atoms with Crippen LogP contribution in [0.4, 0.5) is 13.2 Å². The molecular weight excluding hydrogens is 293 g/mol. The van der Waals surface area contributed by atoms with Crippen LogP contribution < -0.4 is 0 Å². The van der Waals surface area contributed by atoms with Crippen molar-refractivity contribution in [3.05, 3.63) is 47.3 Å². The van der Waals surface area contributed by atoms with Crippen LogP contribution in [-0.4, -0.2) is 14.9 Å². The standard InChI is InChI=1S/C16H19F3N2O/c1-10(2)14-13(15(3,4)22)9-21(20-14)12-7-5-11(6-8-12)16(17,18)19/h5-10,22H,1-4H3. The third-order valence-electron chi connectivity index (χ3n) is 3.41. The van der Waals surface area contributed by atoms with Crippen molar-refractivity contribution in [2.75, 3.05) is 0 Å². The molecule has 6 heteroatoms. The number of nitrogens with zero attached hydrogens (tertiary/aromatic N) is 2. The van der Waals surface area contributed by atoms with E-state index in [1.807, 2.05) is 13.8 Å². The largest absolute Gasteiger partial charge is 0.416 e. The maximum atomic E-state index is 12.6. The molecule has 0 saturated carbocycles. The molecule has 0 aliphatic heterocycles. The Balaban J connectivity index is 2.46. The second-order valence-corrected chi connectivity index (χ2v) is 6.13. The Labute approximate surface area is 127 Å². The number of aliphatic hydroxyl groups is 1. The summed E-state index contributed by atoms with van der Waals surface area (Å²) in [6.07, 6.45) is -2.69. The summed E-state index contributed by atoms with van der Waals surface area (Å²) in [4.78, 5) is 0. The Morgan fingerprint density at radius 3 is 2.00 bits per heavy atom. The zero-order valence-electron chi connectivity index (χ0n) is 12.9. The summed E-state index contributed by atoms with van der Waals surface area (Å²) in [7, 11) is 0. The van der Waals surface area contributed by atoms with Crippen molar-refractivity contribution in [3.8, 4) is 5.69 Å². The van der Waals surface area contributed by atoms with Crippen molar-refractivity contribution in [1.29, 1.82) is 0 Å². The first-order valence-corrected chi connectivity index (χ1v) is 7.00. The number of hydrogen-bond acceptors (Lipinski definition) is 2. The first kappa shape index (κ1) is 16.5. The third-order valence-corrected chi connectivity index (χ3v) is 3.41. The molecule has 120 valence electrons. The zero-order chi connectivity index (χ0) is 16.7. The van der Waals surface area contributed by atoms with Crippen LogP contribution in [0.15, 0.2) is 30.5 Å². The molecule has 1 heterocycles. The maximum Gasteiger partial charge on any atom is 0.416 e. The van der Waals surface area contributed by atoms with Crippen molar-refractivity contribution in [3.63, 3.8) is 0 Å². The van der Waals surface area contributed by atoms with E-state index in [1.165, 1.54) is 16.8 Å². The fourth-order valence-electron chi connectivity index (χ4n) is 2.22. The fourth-order valence-corrected chi connectivity index (χ4v) is 2.22. The summed E-state index contributed by atoms with van der Waals surface area (Å²) in [5.74, 6) is 0.0946. The van der Waals surface area contributed by atoms with E-state index < -0.39 is 17.3 Å². The van der Waals surface area contributed by atoms with E-state index >= 15 is 0 Å². The Kier molecular flexibility index (Phi) is 4.08. The van der Waals surface area contributed by atoms with Gasteiger partial charge in [-0.3, -0.25) is 0 Å². The molecule has 0 spiro atoms. The van der Waals surface area contributed by atoms with Crippen LogP contribution in [0.3, 0.4) is 0 Å². The van der Waals surface area contributed by atoms with Gasteiger partial charge in [-0.25, -0.2) is 4.68 Å². The van der Waals surface area contributed by atoms with Gasteiger partial charge in [-0.05, 0) is 44.0 Å². The lowest BCUT2D eigenvalue weighted by atomic mass is 9.94. The molecule has 1 aromatic carbocycles. The molecule has 0 radical (unpaired) electrons. The van der Waals surface area contributed by atoms with Gasteiger partial charge in [0.15, 0.2) is 0 Å². The van der Waals surface area contributed by atoms with Gasteiger partial charge in [-0.15, -0.1) is 0 Å². The molecule has 0 aliphatic carbocycles. The number of rotatable bonds is 3. The Morgan fingerprint density at radius 2 is 1.64 bits per heavy atom. The van der Waals surface area contributed by atoms with Gasteiger partial charge in [0.05, 0.1) is 22.5 Å². The summed E-state index contributed by atoms with van der Waals surface area (Å²) in [5, 5.41) is 14.6. The highest BCUT2D eigenvalue weighted by molar-refractivity contribution is 5.38. The van der Waals surface area contributed by atoms with E-state index in [0.717, 1.165) is 17.8 Å². The van der Waals surface area contributed by atoms with Crippen molar-refractivity contribution in [1.82, 2.24) is 9.78 Å². The van der Waals surface area contributed by atoms with E-state index in [2.05, 4.69) is 5.10 Å². The number of aromatic nitrogens is 2. The fraction of sp³-hybridized carbons (Fsp3) is 0.438. The van der Waals surface area contributed by atoms with Crippen molar-refractivity contribution in [2.45, 2.75) is 45.4 Å². The van der Waals surface area contributed by atoms with Gasteiger partial charge >= 0.3 is 6.18 Å². The number of alkyl halides is 3. The predicted octanol–water partition coefficient (Wildman–Crippen LogP) is 4.24. The zero-order valence-corrected chi connectivity index (χ0v) is 12.9. The van der Waals surface area contributed by atoms with Crippen molar-refractivity contribution >= 4 is 0 Å². The molecule has 0 bridgehead atoms. The molecule has 2 aromatic rings. The van der Waals surface area contributed by atoms with Gasteiger partial charge in [0, 0.05) is 11.8 Å². The summed E-state index contributed by atoms with van der Waals surface area (Å²) < 4.78 is 39.3. The van der Waals surface area contributed by atoms with E-state index in [0.29, 0.717) is 11.3 Å². The normalized spacial score (nSPS) is 13.0. The summed E-state index contributed by atoms with van der Waals surface area (Å²) in [5.41, 5.74) is 0.152. The lowest BCUT2D eigenvalue weighted by molar-refractivity contribution is -0.137. The van der Waals surface area contributed by atoms with Crippen LogP contribution in [0.25, 0.3) is 5.69 Å². The molecule has 22 heavy (non-hydrogen) atoms. The Morgan fingerprint density at radius 1 is 1.09 bits per heavy atom. The molecule has 0 saturated heterocycles. The minimum absolute atomic E-state index is 0.0946. The number of benzene rings is 1. The second-order valence-electron chi connectivity index (χ2n) is 6.13. The van der Waals surface area contributed by atoms with Crippen molar-refractivity contribution in [2.24, 2.45) is 0 Å². The summed E-state index contributed by atoms with van der Waals surface area (Å²) >= 11 is 0. The quantitative estimate of drug-likeness (QED) is 0.920. The van der Waals surface area contributed by atoms with Crippen LogP contribution in [0.5, 0.6) is 0 Å². The van der Waals surface area contributed by atoms with Crippen LogP contribution in [-0.2, 0) is 11.8 Å². The van der Waals surface area contributed by atoms with Crippen LogP contribution >= 0.6 is 0 Å². The molecule has 1 aromatic heterocycles. The lowest BCUT2D eigenvalue weighted by Gasteiger charge is -2.18. The smallest absolute Gasteiger partial charge is 0.386 e. The SMILES string of the molecule is CC(C)c1nn(-c2ccc(C(F)(F)F)cc2)cc1C(C)(C)O. The monoisotopic (exact) mass is 312 g/mol. The van der Waals surface area contributed by atoms with Crippen molar-refractivity contribution < 1.29 is 18.3 Å². The molecule has 0 atom stereocenters. The van der Waals surface area contributed by atoms with Gasteiger partial charge in [-0.2, -0.15) is 18.3 Å². The van der Waals surface area contributed by atoms with E-state index in [-0.39, 0.29) is 5.92 Å². The minimum atomic E-state index is -4.36. The van der Waals surface area contributed by atoms with Gasteiger partial charge < -0.3 is 5.11 Å². The summed E-state index contributed by atoms with van der Waals surface area (Å²) in [6.45, 7) is 7.23. The molecule has 3 nitrogen and oxygen atoms in total. The first-order valence-electron chi connectivity index (χ1n) is 7.00. The van der Waals surface area contributed by atoms with Gasteiger partial charge in [0.25, 0.3) is 0 Å². The molecular formula is C16H19F3N2O. The predicted molar refractivity (Wildman–Crippen MR) is 77.9 cm³/mol. The second kappa shape index (κ2) is 5.43. The van der Waals surface area contributed by atoms with Crippen LogP contribution in [0.2, 0.25) is 0 Å². The topological polar surface area (TPSA) is 38.0 Å².